The summed E-state index contributed by atoms with van der Waals surface area (Å²) in [5, 5.41) is 4.24. The molecule has 98 valence electrons. The zero-order chi connectivity index (χ0) is 12.5. The Labute approximate surface area is 106 Å². The predicted octanol–water partition coefficient (Wildman–Crippen LogP) is 0.878. The molecule has 0 saturated carbocycles. The van der Waals surface area contributed by atoms with E-state index >= 15 is 0 Å². The summed E-state index contributed by atoms with van der Waals surface area (Å²) in [6.45, 7) is 5.66. The van der Waals surface area contributed by atoms with E-state index in [1.54, 1.807) is 12.3 Å². The Morgan fingerprint density at radius 2 is 2.17 bits per heavy atom. The Kier molecular flexibility index (Phi) is 3.07. The monoisotopic (exact) mass is 249 g/mol. The van der Waals surface area contributed by atoms with Crippen molar-refractivity contribution in [3.8, 4) is 0 Å². The van der Waals surface area contributed by atoms with Crippen molar-refractivity contribution in [1.82, 2.24) is 9.78 Å². The second-order valence-corrected chi connectivity index (χ2v) is 5.36. The van der Waals surface area contributed by atoms with Crippen molar-refractivity contribution in [1.29, 1.82) is 0 Å². The second kappa shape index (κ2) is 4.72. The third kappa shape index (κ3) is 2.56. The minimum atomic E-state index is -0.0263. The third-order valence-corrected chi connectivity index (χ3v) is 3.78. The van der Waals surface area contributed by atoms with E-state index in [-0.39, 0.29) is 11.7 Å². The molecule has 3 heterocycles. The molecule has 2 aliphatic rings. The molecule has 0 aromatic carbocycles. The van der Waals surface area contributed by atoms with Gasteiger partial charge in [0.2, 0.25) is 0 Å². The largest absolute Gasteiger partial charge is 0.371 e. The van der Waals surface area contributed by atoms with Crippen LogP contribution in [0.4, 0.5) is 5.69 Å². The van der Waals surface area contributed by atoms with Crippen molar-refractivity contribution < 1.29 is 4.74 Å². The van der Waals surface area contributed by atoms with Crippen molar-refractivity contribution >= 4 is 5.69 Å². The van der Waals surface area contributed by atoms with Gasteiger partial charge in [0, 0.05) is 19.2 Å². The molecular formula is C13H19N3O2. The van der Waals surface area contributed by atoms with Crippen LogP contribution in [0.1, 0.15) is 19.8 Å². The quantitative estimate of drug-likeness (QED) is 0.746. The van der Waals surface area contributed by atoms with Crippen LogP contribution >= 0.6 is 0 Å². The summed E-state index contributed by atoms with van der Waals surface area (Å²) in [7, 11) is 0. The van der Waals surface area contributed by atoms with E-state index in [9.17, 15) is 4.79 Å². The van der Waals surface area contributed by atoms with Gasteiger partial charge in [0.25, 0.3) is 5.56 Å². The molecule has 0 radical (unpaired) electrons. The summed E-state index contributed by atoms with van der Waals surface area (Å²) in [5.41, 5.74) is 0.932. The molecular weight excluding hydrogens is 230 g/mol. The Morgan fingerprint density at radius 3 is 2.78 bits per heavy atom. The van der Waals surface area contributed by atoms with Gasteiger partial charge in [-0.25, -0.2) is 4.68 Å². The number of aromatic nitrogens is 2. The SMILES string of the molecule is CC1CCN(c2cnn(CC3CO3)c(=O)c2)CC1. The van der Waals surface area contributed by atoms with Gasteiger partial charge in [-0.1, -0.05) is 6.92 Å². The third-order valence-electron chi connectivity index (χ3n) is 3.78. The Balaban J connectivity index is 1.72. The standard InChI is InChI=1S/C13H19N3O2/c1-10-2-4-15(5-3-10)11-6-13(17)16(14-7-11)8-12-9-18-12/h6-7,10,12H,2-5,8-9H2,1H3. The van der Waals surface area contributed by atoms with Crippen molar-refractivity contribution in [3.05, 3.63) is 22.6 Å². The molecule has 1 aromatic heterocycles. The lowest BCUT2D eigenvalue weighted by Gasteiger charge is -2.31. The van der Waals surface area contributed by atoms with Crippen LogP contribution < -0.4 is 10.5 Å². The molecule has 0 aliphatic carbocycles. The highest BCUT2D eigenvalue weighted by Gasteiger charge is 2.24. The van der Waals surface area contributed by atoms with Crippen LogP contribution in [0.2, 0.25) is 0 Å². The van der Waals surface area contributed by atoms with Gasteiger partial charge < -0.3 is 9.64 Å². The van der Waals surface area contributed by atoms with Gasteiger partial charge >= 0.3 is 0 Å². The highest BCUT2D eigenvalue weighted by molar-refractivity contribution is 5.43. The fraction of sp³-hybridized carbons (Fsp3) is 0.692. The average molecular weight is 249 g/mol. The van der Waals surface area contributed by atoms with E-state index in [0.717, 1.165) is 31.3 Å². The van der Waals surface area contributed by atoms with E-state index in [1.165, 1.54) is 17.5 Å². The van der Waals surface area contributed by atoms with Gasteiger partial charge in [0.05, 0.1) is 25.0 Å². The lowest BCUT2D eigenvalue weighted by molar-refractivity contribution is 0.368. The van der Waals surface area contributed by atoms with Crippen LogP contribution in [0.15, 0.2) is 17.1 Å². The van der Waals surface area contributed by atoms with Crippen molar-refractivity contribution in [2.45, 2.75) is 32.4 Å². The van der Waals surface area contributed by atoms with Crippen LogP contribution in [-0.4, -0.2) is 35.6 Å². The van der Waals surface area contributed by atoms with Crippen LogP contribution in [0, 0.1) is 5.92 Å². The molecule has 2 aliphatic heterocycles. The molecule has 2 fully saturated rings. The maximum Gasteiger partial charge on any atom is 0.268 e. The number of hydrogen-bond acceptors (Lipinski definition) is 4. The number of nitrogens with zero attached hydrogens (tertiary/aromatic N) is 3. The highest BCUT2D eigenvalue weighted by Crippen LogP contribution is 2.21. The predicted molar refractivity (Wildman–Crippen MR) is 68.8 cm³/mol. The minimum Gasteiger partial charge on any atom is -0.371 e. The number of anilines is 1. The van der Waals surface area contributed by atoms with Gasteiger partial charge in [-0.3, -0.25) is 4.79 Å². The fourth-order valence-electron chi connectivity index (χ4n) is 2.37. The molecule has 1 unspecified atom stereocenters. The van der Waals surface area contributed by atoms with E-state index in [0.29, 0.717) is 6.54 Å². The summed E-state index contributed by atoms with van der Waals surface area (Å²) < 4.78 is 6.61. The Hall–Kier alpha value is -1.36. The van der Waals surface area contributed by atoms with Crippen molar-refractivity contribution in [2.24, 2.45) is 5.92 Å². The maximum atomic E-state index is 11.9. The smallest absolute Gasteiger partial charge is 0.268 e. The number of ether oxygens (including phenoxy) is 1. The Bertz CT molecular complexity index is 473. The zero-order valence-electron chi connectivity index (χ0n) is 10.7. The second-order valence-electron chi connectivity index (χ2n) is 5.36. The van der Waals surface area contributed by atoms with Crippen LogP contribution in [0.3, 0.4) is 0 Å². The molecule has 5 heteroatoms. The topological polar surface area (TPSA) is 50.7 Å². The number of hydrogen-bond donors (Lipinski definition) is 0. The Morgan fingerprint density at radius 1 is 1.44 bits per heavy atom. The summed E-state index contributed by atoms with van der Waals surface area (Å²) in [4.78, 5) is 14.2. The zero-order valence-corrected chi connectivity index (χ0v) is 10.7. The average Bonchev–Trinajstić information content (AvgIpc) is 3.17. The molecule has 0 bridgehead atoms. The lowest BCUT2D eigenvalue weighted by Crippen LogP contribution is -2.34. The normalized spacial score (nSPS) is 24.3. The first-order valence-electron chi connectivity index (χ1n) is 6.66. The van der Waals surface area contributed by atoms with Gasteiger partial charge in [-0.05, 0) is 18.8 Å². The molecule has 18 heavy (non-hydrogen) atoms. The maximum absolute atomic E-state index is 11.9. The number of epoxide rings is 1. The highest BCUT2D eigenvalue weighted by atomic mass is 16.6. The lowest BCUT2D eigenvalue weighted by atomic mass is 9.99. The molecule has 3 rings (SSSR count). The van der Waals surface area contributed by atoms with E-state index < -0.39 is 0 Å². The minimum absolute atomic E-state index is 0.0263. The van der Waals surface area contributed by atoms with Crippen LogP contribution in [0.25, 0.3) is 0 Å². The molecule has 5 nitrogen and oxygen atoms in total. The number of piperidine rings is 1. The molecule has 0 spiro atoms. The first-order chi connectivity index (χ1) is 8.72. The summed E-state index contributed by atoms with van der Waals surface area (Å²) >= 11 is 0. The fourth-order valence-corrected chi connectivity index (χ4v) is 2.37. The van der Waals surface area contributed by atoms with E-state index in [1.807, 2.05) is 0 Å². The summed E-state index contributed by atoms with van der Waals surface area (Å²) in [5.74, 6) is 0.793. The summed E-state index contributed by atoms with van der Waals surface area (Å²) in [6.07, 6.45) is 4.38. The summed E-state index contributed by atoms with van der Waals surface area (Å²) in [6, 6.07) is 1.70. The number of rotatable bonds is 3. The first kappa shape index (κ1) is 11.7. The van der Waals surface area contributed by atoms with E-state index in [2.05, 4.69) is 16.9 Å². The van der Waals surface area contributed by atoms with Crippen LogP contribution in [0.5, 0.6) is 0 Å². The van der Waals surface area contributed by atoms with Gasteiger partial charge in [0.1, 0.15) is 6.10 Å². The van der Waals surface area contributed by atoms with Crippen molar-refractivity contribution in [3.63, 3.8) is 0 Å². The van der Waals surface area contributed by atoms with Crippen molar-refractivity contribution in [2.75, 3.05) is 24.6 Å². The molecule has 0 N–H and O–H groups in total. The van der Waals surface area contributed by atoms with Gasteiger partial charge in [0.15, 0.2) is 0 Å². The molecule has 1 aromatic rings. The first-order valence-corrected chi connectivity index (χ1v) is 6.66. The molecule has 0 amide bonds. The molecule has 2 saturated heterocycles. The van der Waals surface area contributed by atoms with Gasteiger partial charge in [-0.15, -0.1) is 0 Å². The molecule has 1 atom stereocenters. The van der Waals surface area contributed by atoms with E-state index in [4.69, 9.17) is 4.74 Å². The van der Waals surface area contributed by atoms with Gasteiger partial charge in [-0.2, -0.15) is 5.10 Å². The van der Waals surface area contributed by atoms with Crippen LogP contribution in [-0.2, 0) is 11.3 Å².